The van der Waals surface area contributed by atoms with Crippen molar-refractivity contribution in [3.63, 3.8) is 0 Å². The van der Waals surface area contributed by atoms with Gasteiger partial charge < -0.3 is 19.7 Å². The number of benzene rings is 1. The van der Waals surface area contributed by atoms with Gasteiger partial charge in [-0.2, -0.15) is 0 Å². The topological polar surface area (TPSA) is 76.0 Å². The van der Waals surface area contributed by atoms with Crippen LogP contribution in [0.3, 0.4) is 0 Å². The van der Waals surface area contributed by atoms with Gasteiger partial charge in [-0.15, -0.1) is 0 Å². The van der Waals surface area contributed by atoms with Crippen LogP contribution in [0.2, 0.25) is 0 Å². The Morgan fingerprint density at radius 2 is 2.00 bits per heavy atom. The molecular weight excluding hydrogens is 236 g/mol. The first-order chi connectivity index (χ1) is 8.66. The molecule has 5 heteroatoms. The van der Waals surface area contributed by atoms with Crippen molar-refractivity contribution in [3.05, 3.63) is 35.9 Å². The number of carbonyl (C=O) groups is 1. The van der Waals surface area contributed by atoms with E-state index >= 15 is 0 Å². The molecule has 0 bridgehead atoms. The normalized spacial score (nSPS) is 27.8. The Morgan fingerprint density at radius 3 is 2.67 bits per heavy atom. The first kappa shape index (κ1) is 13.0. The first-order valence-corrected chi connectivity index (χ1v) is 5.86. The summed E-state index contributed by atoms with van der Waals surface area (Å²) in [6.07, 6.45) is -1.77. The van der Waals surface area contributed by atoms with Gasteiger partial charge >= 0.3 is 5.97 Å². The predicted octanol–water partition coefficient (Wildman–Crippen LogP) is 0.354. The van der Waals surface area contributed by atoms with Gasteiger partial charge in [0, 0.05) is 6.42 Å². The fourth-order valence-corrected chi connectivity index (χ4v) is 1.78. The minimum Gasteiger partial charge on any atom is -0.459 e. The number of rotatable bonds is 3. The van der Waals surface area contributed by atoms with Gasteiger partial charge in [-0.3, -0.25) is 0 Å². The number of ether oxygens (including phenoxy) is 2. The van der Waals surface area contributed by atoms with Crippen molar-refractivity contribution >= 4 is 5.97 Å². The first-order valence-electron chi connectivity index (χ1n) is 5.86. The van der Waals surface area contributed by atoms with E-state index in [9.17, 15) is 15.0 Å². The van der Waals surface area contributed by atoms with Crippen LogP contribution in [0, 0.1) is 0 Å². The Hall–Kier alpha value is -1.43. The lowest BCUT2D eigenvalue weighted by Crippen LogP contribution is -2.43. The number of hydrogen-bond donors (Lipinski definition) is 2. The van der Waals surface area contributed by atoms with Crippen LogP contribution in [0.1, 0.15) is 16.8 Å². The van der Waals surface area contributed by atoms with Crippen LogP contribution in [0.25, 0.3) is 0 Å². The molecule has 2 rings (SSSR count). The third-order valence-electron chi connectivity index (χ3n) is 2.86. The molecule has 1 aliphatic heterocycles. The van der Waals surface area contributed by atoms with Crippen molar-refractivity contribution < 1.29 is 24.5 Å². The van der Waals surface area contributed by atoms with Crippen molar-refractivity contribution in [1.29, 1.82) is 0 Å². The van der Waals surface area contributed by atoms with Gasteiger partial charge in [0.2, 0.25) is 0 Å². The van der Waals surface area contributed by atoms with E-state index in [2.05, 4.69) is 0 Å². The van der Waals surface area contributed by atoms with Crippen LogP contribution in [0.15, 0.2) is 30.3 Å². The highest BCUT2D eigenvalue weighted by Crippen LogP contribution is 2.15. The second-order valence-electron chi connectivity index (χ2n) is 4.29. The highest BCUT2D eigenvalue weighted by Gasteiger charge is 2.29. The predicted molar refractivity (Wildman–Crippen MR) is 63.1 cm³/mol. The molecule has 1 saturated heterocycles. The summed E-state index contributed by atoms with van der Waals surface area (Å²) in [6, 6.07) is 8.67. The average Bonchev–Trinajstić information content (AvgIpc) is 2.41. The Bertz CT molecular complexity index is 392. The van der Waals surface area contributed by atoms with E-state index in [-0.39, 0.29) is 25.7 Å². The molecule has 1 aromatic rings. The van der Waals surface area contributed by atoms with Gasteiger partial charge in [0.05, 0.1) is 24.4 Å². The molecule has 0 radical (unpaired) electrons. The maximum absolute atomic E-state index is 11.6. The molecule has 0 amide bonds. The lowest BCUT2D eigenvalue weighted by molar-refractivity contribution is -0.132. The van der Waals surface area contributed by atoms with E-state index in [0.29, 0.717) is 5.56 Å². The molecule has 5 nitrogen and oxygen atoms in total. The van der Waals surface area contributed by atoms with Gasteiger partial charge in [-0.1, -0.05) is 18.2 Å². The second kappa shape index (κ2) is 5.95. The number of esters is 1. The molecule has 1 aromatic carbocycles. The molecule has 0 spiro atoms. The number of aliphatic hydroxyl groups is 2. The van der Waals surface area contributed by atoms with Crippen molar-refractivity contribution in [3.8, 4) is 0 Å². The third-order valence-corrected chi connectivity index (χ3v) is 2.86. The highest BCUT2D eigenvalue weighted by atomic mass is 16.6. The molecule has 1 aliphatic rings. The fraction of sp³-hybridized carbons (Fsp3) is 0.462. The zero-order valence-electron chi connectivity index (χ0n) is 9.86. The highest BCUT2D eigenvalue weighted by molar-refractivity contribution is 5.89. The van der Waals surface area contributed by atoms with Crippen LogP contribution in [0.5, 0.6) is 0 Å². The van der Waals surface area contributed by atoms with E-state index in [1.54, 1.807) is 24.3 Å². The van der Waals surface area contributed by atoms with Crippen molar-refractivity contribution in [2.24, 2.45) is 0 Å². The molecule has 2 N–H and O–H groups in total. The summed E-state index contributed by atoms with van der Waals surface area (Å²) in [5.74, 6) is -0.417. The van der Waals surface area contributed by atoms with Crippen LogP contribution in [-0.4, -0.2) is 47.7 Å². The zero-order chi connectivity index (χ0) is 13.0. The fourth-order valence-electron chi connectivity index (χ4n) is 1.78. The standard InChI is InChI=1S/C13H16O5/c14-11-6-10(17-8-12(11)15)7-18-13(16)9-4-2-1-3-5-9/h1-5,10-12,14-15H,6-8H2/t10-,11?,12?/m0/s1. The molecule has 1 fully saturated rings. The second-order valence-corrected chi connectivity index (χ2v) is 4.29. The van der Waals surface area contributed by atoms with E-state index in [1.807, 2.05) is 6.07 Å². The number of carbonyl (C=O) groups excluding carboxylic acids is 1. The summed E-state index contributed by atoms with van der Waals surface area (Å²) in [7, 11) is 0. The summed E-state index contributed by atoms with van der Waals surface area (Å²) >= 11 is 0. The molecule has 3 atom stereocenters. The maximum atomic E-state index is 11.6. The average molecular weight is 252 g/mol. The van der Waals surface area contributed by atoms with Gasteiger partial charge in [0.15, 0.2) is 0 Å². The molecule has 0 aliphatic carbocycles. The van der Waals surface area contributed by atoms with Crippen LogP contribution in [0.4, 0.5) is 0 Å². The van der Waals surface area contributed by atoms with Crippen molar-refractivity contribution in [1.82, 2.24) is 0 Å². The molecular formula is C13H16O5. The lowest BCUT2D eigenvalue weighted by atomic mass is 10.0. The van der Waals surface area contributed by atoms with Gasteiger partial charge in [0.1, 0.15) is 12.7 Å². The van der Waals surface area contributed by atoms with E-state index < -0.39 is 18.2 Å². The smallest absolute Gasteiger partial charge is 0.338 e. The van der Waals surface area contributed by atoms with E-state index in [0.717, 1.165) is 0 Å². The molecule has 0 saturated carbocycles. The van der Waals surface area contributed by atoms with Gasteiger partial charge in [-0.05, 0) is 12.1 Å². The Balaban J connectivity index is 1.80. The zero-order valence-corrected chi connectivity index (χ0v) is 9.86. The molecule has 18 heavy (non-hydrogen) atoms. The van der Waals surface area contributed by atoms with E-state index in [4.69, 9.17) is 9.47 Å². The van der Waals surface area contributed by atoms with Crippen LogP contribution in [-0.2, 0) is 9.47 Å². The van der Waals surface area contributed by atoms with E-state index in [1.165, 1.54) is 0 Å². The quantitative estimate of drug-likeness (QED) is 0.759. The Labute approximate surface area is 105 Å². The molecule has 98 valence electrons. The molecule has 0 aromatic heterocycles. The minimum atomic E-state index is -0.855. The van der Waals surface area contributed by atoms with Gasteiger partial charge in [-0.25, -0.2) is 4.79 Å². The Kier molecular flexibility index (Phi) is 4.30. The number of aliphatic hydroxyl groups excluding tert-OH is 2. The monoisotopic (exact) mass is 252 g/mol. The van der Waals surface area contributed by atoms with Crippen molar-refractivity contribution in [2.45, 2.75) is 24.7 Å². The summed E-state index contributed by atoms with van der Waals surface area (Å²) in [5, 5.41) is 18.7. The maximum Gasteiger partial charge on any atom is 0.338 e. The van der Waals surface area contributed by atoms with Crippen molar-refractivity contribution in [2.75, 3.05) is 13.2 Å². The Morgan fingerprint density at radius 1 is 1.28 bits per heavy atom. The van der Waals surface area contributed by atoms with Crippen LogP contribution < -0.4 is 0 Å². The summed E-state index contributed by atoms with van der Waals surface area (Å²) in [5.41, 5.74) is 0.480. The lowest BCUT2D eigenvalue weighted by Gasteiger charge is -2.29. The summed E-state index contributed by atoms with van der Waals surface area (Å²) < 4.78 is 10.4. The third kappa shape index (κ3) is 3.29. The summed E-state index contributed by atoms with van der Waals surface area (Å²) in [4.78, 5) is 11.6. The number of hydrogen-bond acceptors (Lipinski definition) is 5. The van der Waals surface area contributed by atoms with Gasteiger partial charge in [0.25, 0.3) is 0 Å². The summed E-state index contributed by atoms with van der Waals surface area (Å²) in [6.45, 7) is 0.145. The largest absolute Gasteiger partial charge is 0.459 e. The minimum absolute atomic E-state index is 0.0642. The molecule has 2 unspecified atom stereocenters. The SMILES string of the molecule is O=C(OC[C@@H]1CC(O)C(O)CO1)c1ccccc1. The molecule has 1 heterocycles. The van der Waals surface area contributed by atoms with Crippen LogP contribution >= 0.6 is 0 Å².